The van der Waals surface area contributed by atoms with Gasteiger partial charge in [0.2, 0.25) is 0 Å². The van der Waals surface area contributed by atoms with Gasteiger partial charge in [-0.15, -0.1) is 0 Å². The largest absolute Gasteiger partial charge is 0.333 e. The van der Waals surface area contributed by atoms with Gasteiger partial charge in [-0.2, -0.15) is 5.10 Å². The van der Waals surface area contributed by atoms with Gasteiger partial charge in [-0.1, -0.05) is 36.4 Å². The van der Waals surface area contributed by atoms with E-state index in [1.165, 1.54) is 11.1 Å². The minimum Gasteiger partial charge on any atom is -0.333 e. The lowest BCUT2D eigenvalue weighted by Gasteiger charge is -2.34. The van der Waals surface area contributed by atoms with Crippen LogP contribution in [0, 0.1) is 0 Å². The molecule has 1 unspecified atom stereocenters. The number of aryl methyl sites for hydroxylation is 1. The van der Waals surface area contributed by atoms with Crippen LogP contribution in [0.15, 0.2) is 65.4 Å². The second kappa shape index (κ2) is 6.48. The quantitative estimate of drug-likeness (QED) is 0.658. The van der Waals surface area contributed by atoms with Gasteiger partial charge in [-0.05, 0) is 44.8 Å². The van der Waals surface area contributed by atoms with Crippen molar-refractivity contribution in [2.75, 3.05) is 6.54 Å². The number of nitrogens with zero attached hydrogens (tertiary/aromatic N) is 3. The molecule has 1 aromatic heterocycles. The van der Waals surface area contributed by atoms with E-state index in [1.54, 1.807) is 0 Å². The van der Waals surface area contributed by atoms with E-state index >= 15 is 0 Å². The summed E-state index contributed by atoms with van der Waals surface area (Å²) < 4.78 is 2.64. The third-order valence-electron chi connectivity index (χ3n) is 4.71. The normalized spacial score (nSPS) is 16.6. The summed E-state index contributed by atoms with van der Waals surface area (Å²) in [5.41, 5.74) is 4.32. The standard InChI is InChI=1S/C20H18BrN3O/c1-23-11-15(10-22-23)18-13-24(12-14-6-2-3-7-16(14)18)20(25)17-8-4-5-9-19(17)21/h2-11,18H,12-13H2,1H3. The molecule has 3 aromatic rings. The Morgan fingerprint density at radius 2 is 1.92 bits per heavy atom. The topological polar surface area (TPSA) is 38.1 Å². The number of benzene rings is 2. The van der Waals surface area contributed by atoms with Gasteiger partial charge in [0.25, 0.3) is 5.91 Å². The fraction of sp³-hybridized carbons (Fsp3) is 0.200. The van der Waals surface area contributed by atoms with Crippen molar-refractivity contribution in [3.05, 3.63) is 87.7 Å². The summed E-state index contributed by atoms with van der Waals surface area (Å²) in [7, 11) is 1.92. The fourth-order valence-electron chi connectivity index (χ4n) is 3.47. The molecule has 5 heteroatoms. The molecule has 4 rings (SSSR count). The summed E-state index contributed by atoms with van der Waals surface area (Å²) in [5.74, 6) is 0.195. The molecule has 0 saturated heterocycles. The zero-order chi connectivity index (χ0) is 17.4. The summed E-state index contributed by atoms with van der Waals surface area (Å²) in [6.07, 6.45) is 3.93. The van der Waals surface area contributed by atoms with Crippen molar-refractivity contribution in [1.29, 1.82) is 0 Å². The zero-order valence-corrected chi connectivity index (χ0v) is 15.5. The number of amides is 1. The first kappa shape index (κ1) is 16.1. The highest BCUT2D eigenvalue weighted by molar-refractivity contribution is 9.10. The number of hydrogen-bond donors (Lipinski definition) is 0. The van der Waals surface area contributed by atoms with Crippen molar-refractivity contribution in [2.45, 2.75) is 12.5 Å². The molecule has 0 N–H and O–H groups in total. The van der Waals surface area contributed by atoms with Crippen LogP contribution in [0.3, 0.4) is 0 Å². The first-order valence-electron chi connectivity index (χ1n) is 8.23. The number of hydrogen-bond acceptors (Lipinski definition) is 2. The second-order valence-corrected chi connectivity index (χ2v) is 7.22. The number of carbonyl (C=O) groups excluding carboxylic acids is 1. The van der Waals surface area contributed by atoms with E-state index in [0.29, 0.717) is 18.7 Å². The molecule has 0 saturated carbocycles. The highest BCUT2D eigenvalue weighted by Crippen LogP contribution is 2.34. The van der Waals surface area contributed by atoms with Crippen LogP contribution in [0.2, 0.25) is 0 Å². The molecule has 0 radical (unpaired) electrons. The van der Waals surface area contributed by atoms with E-state index < -0.39 is 0 Å². The third kappa shape index (κ3) is 3.00. The minimum atomic E-state index is 0.0517. The van der Waals surface area contributed by atoms with Gasteiger partial charge in [0.1, 0.15) is 0 Å². The SMILES string of the molecule is Cn1cc(C2CN(C(=O)c3ccccc3Br)Cc3ccccc32)cn1. The Balaban J connectivity index is 1.73. The lowest BCUT2D eigenvalue weighted by Crippen LogP contribution is -2.38. The molecule has 1 aliphatic rings. The maximum atomic E-state index is 13.1. The van der Waals surface area contributed by atoms with Crippen LogP contribution in [0.1, 0.15) is 33.0 Å². The van der Waals surface area contributed by atoms with E-state index in [9.17, 15) is 4.79 Å². The highest BCUT2D eigenvalue weighted by Gasteiger charge is 2.30. The molecule has 25 heavy (non-hydrogen) atoms. The van der Waals surface area contributed by atoms with Crippen molar-refractivity contribution < 1.29 is 4.79 Å². The molecular weight excluding hydrogens is 378 g/mol. The van der Waals surface area contributed by atoms with Crippen LogP contribution < -0.4 is 0 Å². The number of halogens is 1. The van der Waals surface area contributed by atoms with Crippen LogP contribution in [0.5, 0.6) is 0 Å². The summed E-state index contributed by atoms with van der Waals surface area (Å²) in [6.45, 7) is 1.29. The predicted molar refractivity (Wildman–Crippen MR) is 100 cm³/mol. The lowest BCUT2D eigenvalue weighted by atomic mass is 9.86. The Hall–Kier alpha value is -2.40. The van der Waals surface area contributed by atoms with Crippen LogP contribution in [0.4, 0.5) is 0 Å². The van der Waals surface area contributed by atoms with Gasteiger partial charge in [-0.25, -0.2) is 0 Å². The first-order chi connectivity index (χ1) is 12.1. The Bertz CT molecular complexity index is 934. The molecule has 2 heterocycles. The molecule has 126 valence electrons. The third-order valence-corrected chi connectivity index (χ3v) is 5.40. The van der Waals surface area contributed by atoms with Crippen LogP contribution in [-0.4, -0.2) is 27.1 Å². The van der Waals surface area contributed by atoms with E-state index in [-0.39, 0.29) is 11.8 Å². The number of fused-ring (bicyclic) bond motifs is 1. The zero-order valence-electron chi connectivity index (χ0n) is 13.9. The van der Waals surface area contributed by atoms with Gasteiger partial charge >= 0.3 is 0 Å². The van der Waals surface area contributed by atoms with E-state index in [1.807, 2.05) is 59.4 Å². The Morgan fingerprint density at radius 3 is 2.68 bits per heavy atom. The monoisotopic (exact) mass is 395 g/mol. The van der Waals surface area contributed by atoms with Crippen molar-refractivity contribution >= 4 is 21.8 Å². The van der Waals surface area contributed by atoms with Crippen LogP contribution >= 0.6 is 15.9 Å². The Morgan fingerprint density at radius 1 is 1.16 bits per heavy atom. The Kier molecular flexibility index (Phi) is 4.17. The van der Waals surface area contributed by atoms with Crippen molar-refractivity contribution in [3.8, 4) is 0 Å². The lowest BCUT2D eigenvalue weighted by molar-refractivity contribution is 0.0724. The van der Waals surface area contributed by atoms with Crippen molar-refractivity contribution in [1.82, 2.24) is 14.7 Å². The van der Waals surface area contributed by atoms with Crippen molar-refractivity contribution in [2.24, 2.45) is 7.05 Å². The van der Waals surface area contributed by atoms with E-state index in [2.05, 4.69) is 39.2 Å². The number of carbonyl (C=O) groups is 1. The van der Waals surface area contributed by atoms with Gasteiger partial charge in [0.15, 0.2) is 0 Å². The smallest absolute Gasteiger partial charge is 0.255 e. The number of rotatable bonds is 2. The summed E-state index contributed by atoms with van der Waals surface area (Å²) in [4.78, 5) is 15.0. The molecule has 0 spiro atoms. The summed E-state index contributed by atoms with van der Waals surface area (Å²) >= 11 is 3.50. The summed E-state index contributed by atoms with van der Waals surface area (Å²) in [5, 5.41) is 4.31. The maximum Gasteiger partial charge on any atom is 0.255 e. The van der Waals surface area contributed by atoms with Gasteiger partial charge in [-0.3, -0.25) is 9.48 Å². The maximum absolute atomic E-state index is 13.1. The predicted octanol–water partition coefficient (Wildman–Crippen LogP) is 3.97. The van der Waals surface area contributed by atoms with Gasteiger partial charge in [0, 0.05) is 36.7 Å². The summed E-state index contributed by atoms with van der Waals surface area (Å²) in [6, 6.07) is 16.0. The molecule has 4 nitrogen and oxygen atoms in total. The first-order valence-corrected chi connectivity index (χ1v) is 9.03. The number of aromatic nitrogens is 2. The van der Waals surface area contributed by atoms with Crippen molar-refractivity contribution in [3.63, 3.8) is 0 Å². The average molecular weight is 396 g/mol. The fourth-order valence-corrected chi connectivity index (χ4v) is 3.93. The Labute approximate surface area is 155 Å². The second-order valence-electron chi connectivity index (χ2n) is 6.36. The van der Waals surface area contributed by atoms with Gasteiger partial charge in [0.05, 0.1) is 11.8 Å². The average Bonchev–Trinajstić information content (AvgIpc) is 3.07. The molecule has 1 amide bonds. The minimum absolute atomic E-state index is 0.0517. The molecule has 1 atom stereocenters. The molecule has 1 aliphatic heterocycles. The molecular formula is C20H18BrN3O. The van der Waals surface area contributed by atoms with Gasteiger partial charge < -0.3 is 4.90 Å². The molecule has 0 fully saturated rings. The molecule has 0 aliphatic carbocycles. The van der Waals surface area contributed by atoms with Crippen LogP contribution in [0.25, 0.3) is 0 Å². The van der Waals surface area contributed by atoms with E-state index in [4.69, 9.17) is 0 Å². The highest BCUT2D eigenvalue weighted by atomic mass is 79.9. The molecule has 0 bridgehead atoms. The molecule has 2 aromatic carbocycles. The van der Waals surface area contributed by atoms with Crippen LogP contribution in [-0.2, 0) is 13.6 Å². The van der Waals surface area contributed by atoms with E-state index in [0.717, 1.165) is 10.0 Å².